The highest BCUT2D eigenvalue weighted by atomic mass is 35.5. The van der Waals surface area contributed by atoms with E-state index in [0.717, 1.165) is 26.1 Å². The zero-order chi connectivity index (χ0) is 11.0. The third kappa shape index (κ3) is 2.33. The minimum atomic E-state index is 0. The number of amides is 1. The maximum Gasteiger partial charge on any atom is 0.270 e. The highest BCUT2D eigenvalue weighted by molar-refractivity contribution is 5.92. The number of piperidine rings is 1. The van der Waals surface area contributed by atoms with Crippen LogP contribution in [0, 0.1) is 5.92 Å². The zero-order valence-electron chi connectivity index (χ0n) is 9.69. The van der Waals surface area contributed by atoms with Crippen LogP contribution in [0.5, 0.6) is 0 Å². The summed E-state index contributed by atoms with van der Waals surface area (Å²) in [6.07, 6.45) is 4.10. The molecule has 1 aromatic rings. The number of fused-ring (bicyclic) bond motifs is 1. The molecule has 5 heteroatoms. The standard InChI is InChI=1S/C12H17N3O.ClH/c16-12(11-2-1-5-13-11)15-7-4-10-9(8-15)3-6-14-10;/h1-2,5,9-10,13-14H,3-4,6-8H2;1H. The van der Waals surface area contributed by atoms with E-state index in [-0.39, 0.29) is 18.3 Å². The first-order valence-corrected chi connectivity index (χ1v) is 6.00. The maximum absolute atomic E-state index is 12.1. The van der Waals surface area contributed by atoms with Gasteiger partial charge in [0.2, 0.25) is 0 Å². The number of hydrogen-bond acceptors (Lipinski definition) is 2. The van der Waals surface area contributed by atoms with Crippen LogP contribution in [-0.2, 0) is 0 Å². The molecular weight excluding hydrogens is 238 g/mol. The molecule has 0 saturated carbocycles. The minimum Gasteiger partial charge on any atom is -0.357 e. The van der Waals surface area contributed by atoms with Crippen molar-refractivity contribution in [1.82, 2.24) is 15.2 Å². The molecular formula is C12H18ClN3O. The Bertz CT molecular complexity index is 379. The molecule has 0 spiro atoms. The van der Waals surface area contributed by atoms with E-state index in [2.05, 4.69) is 10.3 Å². The number of aromatic nitrogens is 1. The van der Waals surface area contributed by atoms with Crippen molar-refractivity contribution in [1.29, 1.82) is 0 Å². The average Bonchev–Trinajstić information content (AvgIpc) is 2.98. The number of H-pyrrole nitrogens is 1. The number of aromatic amines is 1. The van der Waals surface area contributed by atoms with Crippen molar-refractivity contribution in [3.8, 4) is 0 Å². The van der Waals surface area contributed by atoms with Gasteiger partial charge in [0, 0.05) is 25.3 Å². The summed E-state index contributed by atoms with van der Waals surface area (Å²) in [6, 6.07) is 4.37. The minimum absolute atomic E-state index is 0. The van der Waals surface area contributed by atoms with Gasteiger partial charge in [-0.2, -0.15) is 0 Å². The molecule has 2 N–H and O–H groups in total. The smallest absolute Gasteiger partial charge is 0.270 e. The third-order valence-electron chi connectivity index (χ3n) is 3.77. The van der Waals surface area contributed by atoms with E-state index in [1.165, 1.54) is 6.42 Å². The van der Waals surface area contributed by atoms with Crippen molar-refractivity contribution in [2.45, 2.75) is 18.9 Å². The molecule has 2 unspecified atom stereocenters. The Morgan fingerprint density at radius 3 is 3.06 bits per heavy atom. The van der Waals surface area contributed by atoms with E-state index in [0.29, 0.717) is 17.7 Å². The molecule has 2 fully saturated rings. The van der Waals surface area contributed by atoms with E-state index in [1.807, 2.05) is 17.0 Å². The van der Waals surface area contributed by atoms with Crippen LogP contribution in [0.25, 0.3) is 0 Å². The quantitative estimate of drug-likeness (QED) is 0.794. The Morgan fingerprint density at radius 2 is 2.29 bits per heavy atom. The third-order valence-corrected chi connectivity index (χ3v) is 3.77. The fourth-order valence-corrected chi connectivity index (χ4v) is 2.87. The Kier molecular flexibility index (Phi) is 3.74. The number of nitrogens with one attached hydrogen (secondary N) is 2. The molecule has 0 radical (unpaired) electrons. The van der Waals surface area contributed by atoms with Gasteiger partial charge in [-0.15, -0.1) is 12.4 Å². The van der Waals surface area contributed by atoms with Crippen molar-refractivity contribution in [2.75, 3.05) is 19.6 Å². The highest BCUT2D eigenvalue weighted by Gasteiger charge is 2.34. The van der Waals surface area contributed by atoms with Gasteiger partial charge in [0.25, 0.3) is 5.91 Å². The fourth-order valence-electron chi connectivity index (χ4n) is 2.87. The van der Waals surface area contributed by atoms with Crippen LogP contribution >= 0.6 is 12.4 Å². The van der Waals surface area contributed by atoms with Crippen LogP contribution in [0.3, 0.4) is 0 Å². The van der Waals surface area contributed by atoms with Crippen LogP contribution in [0.1, 0.15) is 23.3 Å². The number of halogens is 1. The van der Waals surface area contributed by atoms with Gasteiger partial charge in [0.15, 0.2) is 0 Å². The van der Waals surface area contributed by atoms with Crippen LogP contribution in [0.4, 0.5) is 0 Å². The zero-order valence-corrected chi connectivity index (χ0v) is 10.5. The van der Waals surface area contributed by atoms with Crippen LogP contribution in [0.15, 0.2) is 18.3 Å². The summed E-state index contributed by atoms with van der Waals surface area (Å²) in [7, 11) is 0. The predicted octanol–water partition coefficient (Wildman–Crippen LogP) is 1.26. The lowest BCUT2D eigenvalue weighted by Gasteiger charge is -2.34. The summed E-state index contributed by atoms with van der Waals surface area (Å²) in [6.45, 7) is 2.90. The molecule has 94 valence electrons. The lowest BCUT2D eigenvalue weighted by molar-refractivity contribution is 0.0657. The molecule has 3 heterocycles. The monoisotopic (exact) mass is 255 g/mol. The summed E-state index contributed by atoms with van der Waals surface area (Å²) in [5, 5.41) is 3.51. The van der Waals surface area contributed by atoms with E-state index in [4.69, 9.17) is 0 Å². The molecule has 0 aromatic carbocycles. The second-order valence-electron chi connectivity index (χ2n) is 4.73. The lowest BCUT2D eigenvalue weighted by Crippen LogP contribution is -2.46. The molecule has 1 amide bonds. The Balaban J connectivity index is 0.00000108. The second-order valence-corrected chi connectivity index (χ2v) is 4.73. The van der Waals surface area contributed by atoms with E-state index in [1.54, 1.807) is 6.20 Å². The topological polar surface area (TPSA) is 48.1 Å². The van der Waals surface area contributed by atoms with E-state index >= 15 is 0 Å². The molecule has 2 aliphatic rings. The van der Waals surface area contributed by atoms with Crippen LogP contribution < -0.4 is 5.32 Å². The summed E-state index contributed by atoms with van der Waals surface area (Å²) in [5.41, 5.74) is 0.712. The number of carbonyl (C=O) groups excluding carboxylic acids is 1. The molecule has 0 aliphatic carbocycles. The Morgan fingerprint density at radius 1 is 1.41 bits per heavy atom. The van der Waals surface area contributed by atoms with Crippen molar-refractivity contribution in [3.05, 3.63) is 24.0 Å². The molecule has 2 atom stereocenters. The largest absolute Gasteiger partial charge is 0.357 e. The number of carbonyl (C=O) groups is 1. The fraction of sp³-hybridized carbons (Fsp3) is 0.583. The van der Waals surface area contributed by atoms with Gasteiger partial charge < -0.3 is 15.2 Å². The number of nitrogens with zero attached hydrogens (tertiary/aromatic N) is 1. The second kappa shape index (κ2) is 5.10. The van der Waals surface area contributed by atoms with Gasteiger partial charge in [-0.05, 0) is 37.4 Å². The van der Waals surface area contributed by atoms with Gasteiger partial charge >= 0.3 is 0 Å². The van der Waals surface area contributed by atoms with Crippen molar-refractivity contribution in [3.63, 3.8) is 0 Å². The summed E-state index contributed by atoms with van der Waals surface area (Å²) < 4.78 is 0. The SMILES string of the molecule is Cl.O=C(c1ccc[nH]1)N1CCC2NCCC2C1. The van der Waals surface area contributed by atoms with Crippen LogP contribution in [0.2, 0.25) is 0 Å². The maximum atomic E-state index is 12.1. The summed E-state index contributed by atoms with van der Waals surface area (Å²) in [5.74, 6) is 0.808. The molecule has 3 rings (SSSR count). The van der Waals surface area contributed by atoms with E-state index in [9.17, 15) is 4.79 Å². The molecule has 0 bridgehead atoms. The lowest BCUT2D eigenvalue weighted by atomic mass is 9.93. The van der Waals surface area contributed by atoms with Gasteiger partial charge in [-0.3, -0.25) is 4.79 Å². The van der Waals surface area contributed by atoms with Gasteiger partial charge in [-0.25, -0.2) is 0 Å². The van der Waals surface area contributed by atoms with Gasteiger partial charge in [-0.1, -0.05) is 0 Å². The first kappa shape index (κ1) is 12.5. The Hall–Kier alpha value is -1.00. The Labute approximate surface area is 107 Å². The molecule has 4 nitrogen and oxygen atoms in total. The molecule has 2 aliphatic heterocycles. The van der Waals surface area contributed by atoms with Crippen LogP contribution in [-0.4, -0.2) is 41.5 Å². The molecule has 2 saturated heterocycles. The number of rotatable bonds is 1. The summed E-state index contributed by atoms with van der Waals surface area (Å²) >= 11 is 0. The van der Waals surface area contributed by atoms with E-state index < -0.39 is 0 Å². The predicted molar refractivity (Wildman–Crippen MR) is 68.5 cm³/mol. The average molecular weight is 256 g/mol. The molecule has 1 aromatic heterocycles. The normalized spacial score (nSPS) is 27.4. The van der Waals surface area contributed by atoms with Gasteiger partial charge in [0.05, 0.1) is 0 Å². The van der Waals surface area contributed by atoms with Crippen molar-refractivity contribution >= 4 is 18.3 Å². The number of hydrogen-bond donors (Lipinski definition) is 2. The van der Waals surface area contributed by atoms with Crippen molar-refractivity contribution < 1.29 is 4.79 Å². The first-order valence-electron chi connectivity index (χ1n) is 6.00. The summed E-state index contributed by atoms with van der Waals surface area (Å²) in [4.78, 5) is 17.1. The van der Waals surface area contributed by atoms with Crippen molar-refractivity contribution in [2.24, 2.45) is 5.92 Å². The first-order chi connectivity index (χ1) is 7.84. The molecule has 17 heavy (non-hydrogen) atoms. The number of likely N-dealkylation sites (tertiary alicyclic amines) is 1. The highest BCUT2D eigenvalue weighted by Crippen LogP contribution is 2.25. The van der Waals surface area contributed by atoms with Gasteiger partial charge in [0.1, 0.15) is 5.69 Å².